The van der Waals surface area contributed by atoms with E-state index < -0.39 is 0 Å². The first-order valence-electron chi connectivity index (χ1n) is 8.96. The zero-order chi connectivity index (χ0) is 17.0. The molecule has 0 saturated heterocycles. The molecule has 0 nitrogen and oxygen atoms in total. The largest absolute Gasteiger partial charge is 0.0839 e. The van der Waals surface area contributed by atoms with Gasteiger partial charge in [-0.25, -0.2) is 0 Å². The van der Waals surface area contributed by atoms with E-state index in [9.17, 15) is 0 Å². The van der Waals surface area contributed by atoms with E-state index in [4.69, 9.17) is 0 Å². The van der Waals surface area contributed by atoms with Crippen molar-refractivity contribution >= 4 is 0 Å². The lowest BCUT2D eigenvalue weighted by Crippen LogP contribution is -2.31. The van der Waals surface area contributed by atoms with E-state index in [-0.39, 0.29) is 5.41 Å². The third-order valence-electron chi connectivity index (χ3n) is 5.05. The summed E-state index contributed by atoms with van der Waals surface area (Å²) in [6.07, 6.45) is 9.25. The Bertz CT molecular complexity index is 774. The minimum Gasteiger partial charge on any atom is -0.0839 e. The minimum atomic E-state index is -0.277. The van der Waals surface area contributed by atoms with Crippen LogP contribution in [0, 0.1) is 0 Å². The van der Waals surface area contributed by atoms with Crippen molar-refractivity contribution in [3.05, 3.63) is 131 Å². The lowest BCUT2D eigenvalue weighted by Gasteiger charge is -2.38. The zero-order valence-electron chi connectivity index (χ0n) is 14.3. The van der Waals surface area contributed by atoms with Crippen molar-refractivity contribution in [2.45, 2.75) is 18.3 Å². The maximum Gasteiger partial charge on any atom is 0.0698 e. The van der Waals surface area contributed by atoms with Crippen LogP contribution >= 0.6 is 0 Å². The van der Waals surface area contributed by atoms with Crippen molar-refractivity contribution in [3.8, 4) is 0 Å². The van der Waals surface area contributed by atoms with Gasteiger partial charge in [0, 0.05) is 0 Å². The van der Waals surface area contributed by atoms with Gasteiger partial charge in [0.25, 0.3) is 0 Å². The summed E-state index contributed by atoms with van der Waals surface area (Å²) in [7, 11) is 0. The highest BCUT2D eigenvalue weighted by Gasteiger charge is 2.38. The number of hydrogen-bond acceptors (Lipinski definition) is 0. The van der Waals surface area contributed by atoms with Gasteiger partial charge in [0.05, 0.1) is 5.41 Å². The average Bonchev–Trinajstić information content (AvgIpc) is 2.72. The first-order valence-corrected chi connectivity index (χ1v) is 8.96. The van der Waals surface area contributed by atoms with Crippen LogP contribution in [0.15, 0.2) is 115 Å². The predicted molar refractivity (Wildman–Crippen MR) is 106 cm³/mol. The molecule has 0 amide bonds. The van der Waals surface area contributed by atoms with Crippen molar-refractivity contribution in [3.63, 3.8) is 0 Å². The Hall–Kier alpha value is -2.86. The van der Waals surface area contributed by atoms with Crippen LogP contribution in [0.1, 0.15) is 29.5 Å². The average molecular weight is 322 g/mol. The summed E-state index contributed by atoms with van der Waals surface area (Å²) in [6.45, 7) is 0. The quantitative estimate of drug-likeness (QED) is 0.495. The SMILES string of the molecule is C1=CC(C(c2ccccc2)(c2ccccc2)c2ccccc2)=CCC1. The van der Waals surface area contributed by atoms with Crippen molar-refractivity contribution in [1.29, 1.82) is 0 Å². The van der Waals surface area contributed by atoms with E-state index in [0.717, 1.165) is 12.8 Å². The predicted octanol–water partition coefficient (Wildman–Crippen LogP) is 6.30. The molecular weight excluding hydrogens is 300 g/mol. The fourth-order valence-corrected chi connectivity index (χ4v) is 3.96. The maximum atomic E-state index is 2.41. The lowest BCUT2D eigenvalue weighted by atomic mass is 9.64. The van der Waals surface area contributed by atoms with Gasteiger partial charge < -0.3 is 0 Å². The Morgan fingerprint density at radius 1 is 0.520 bits per heavy atom. The minimum absolute atomic E-state index is 0.277. The van der Waals surface area contributed by atoms with Gasteiger partial charge in [-0.2, -0.15) is 0 Å². The summed E-state index contributed by atoms with van der Waals surface area (Å²) in [5.74, 6) is 0. The summed E-state index contributed by atoms with van der Waals surface area (Å²) >= 11 is 0. The molecule has 0 spiro atoms. The summed E-state index contributed by atoms with van der Waals surface area (Å²) in [5, 5.41) is 0. The van der Waals surface area contributed by atoms with Crippen molar-refractivity contribution < 1.29 is 0 Å². The van der Waals surface area contributed by atoms with Crippen molar-refractivity contribution in [2.75, 3.05) is 0 Å². The molecule has 0 aromatic heterocycles. The Morgan fingerprint density at radius 2 is 0.960 bits per heavy atom. The third-order valence-corrected chi connectivity index (χ3v) is 5.05. The standard InChI is InChI=1S/C25H22/c1-5-13-21(14-6-1)25(22-15-7-2-8-16-22,23-17-9-3-10-18-23)24-19-11-4-12-20-24/h1-3,5-11,13-20H,4,12H2. The third kappa shape index (κ3) is 2.74. The molecule has 3 aromatic carbocycles. The van der Waals surface area contributed by atoms with Gasteiger partial charge in [0.2, 0.25) is 0 Å². The molecule has 1 aliphatic rings. The molecule has 3 aromatic rings. The van der Waals surface area contributed by atoms with Gasteiger partial charge >= 0.3 is 0 Å². The van der Waals surface area contributed by atoms with Gasteiger partial charge in [0.1, 0.15) is 0 Å². The maximum absolute atomic E-state index is 2.41. The van der Waals surface area contributed by atoms with Crippen LogP contribution in [0.4, 0.5) is 0 Å². The Morgan fingerprint density at radius 3 is 1.32 bits per heavy atom. The van der Waals surface area contributed by atoms with E-state index >= 15 is 0 Å². The van der Waals surface area contributed by atoms with Crippen LogP contribution in [0.2, 0.25) is 0 Å². The van der Waals surface area contributed by atoms with E-state index in [0.29, 0.717) is 0 Å². The van der Waals surface area contributed by atoms with Crippen LogP contribution in [0.5, 0.6) is 0 Å². The Labute approximate surface area is 150 Å². The summed E-state index contributed by atoms with van der Waals surface area (Å²) in [6, 6.07) is 32.6. The van der Waals surface area contributed by atoms with Crippen LogP contribution in [-0.4, -0.2) is 0 Å². The van der Waals surface area contributed by atoms with E-state index in [1.165, 1.54) is 22.3 Å². The molecule has 0 bridgehead atoms. The van der Waals surface area contributed by atoms with Gasteiger partial charge in [-0.05, 0) is 35.1 Å². The second kappa shape index (κ2) is 6.94. The highest BCUT2D eigenvalue weighted by Crippen LogP contribution is 2.46. The lowest BCUT2D eigenvalue weighted by molar-refractivity contribution is 0.730. The molecule has 0 aliphatic heterocycles. The first-order chi connectivity index (χ1) is 12.4. The molecule has 122 valence electrons. The summed E-state index contributed by atoms with van der Waals surface area (Å²) in [4.78, 5) is 0. The van der Waals surface area contributed by atoms with Gasteiger partial charge in [-0.3, -0.25) is 0 Å². The molecule has 0 fully saturated rings. The number of benzene rings is 3. The smallest absolute Gasteiger partial charge is 0.0698 e. The second-order valence-electron chi connectivity index (χ2n) is 6.49. The summed E-state index contributed by atoms with van der Waals surface area (Å²) < 4.78 is 0. The molecular formula is C25H22. The van der Waals surface area contributed by atoms with Crippen LogP contribution in [0.25, 0.3) is 0 Å². The van der Waals surface area contributed by atoms with Gasteiger partial charge in [0.15, 0.2) is 0 Å². The van der Waals surface area contributed by atoms with E-state index in [2.05, 4.69) is 109 Å². The normalized spacial score (nSPS) is 14.2. The molecule has 0 heterocycles. The van der Waals surface area contributed by atoms with Crippen molar-refractivity contribution in [2.24, 2.45) is 0 Å². The van der Waals surface area contributed by atoms with Gasteiger partial charge in [-0.1, -0.05) is 109 Å². The van der Waals surface area contributed by atoms with Gasteiger partial charge in [-0.15, -0.1) is 0 Å². The number of hydrogen-bond donors (Lipinski definition) is 0. The first kappa shape index (κ1) is 15.7. The molecule has 0 atom stereocenters. The molecule has 25 heavy (non-hydrogen) atoms. The highest BCUT2D eigenvalue weighted by atomic mass is 14.4. The molecule has 0 unspecified atom stereocenters. The summed E-state index contributed by atoms with van der Waals surface area (Å²) in [5.41, 5.74) is 5.02. The highest BCUT2D eigenvalue weighted by molar-refractivity contribution is 5.61. The number of rotatable bonds is 4. The molecule has 1 aliphatic carbocycles. The monoisotopic (exact) mass is 322 g/mol. The topological polar surface area (TPSA) is 0 Å². The second-order valence-corrected chi connectivity index (χ2v) is 6.49. The van der Waals surface area contributed by atoms with E-state index in [1.807, 2.05) is 0 Å². The van der Waals surface area contributed by atoms with Crippen LogP contribution < -0.4 is 0 Å². The number of allylic oxidation sites excluding steroid dienone is 4. The van der Waals surface area contributed by atoms with Crippen LogP contribution in [0.3, 0.4) is 0 Å². The Balaban J connectivity index is 2.09. The Kier molecular flexibility index (Phi) is 4.35. The zero-order valence-corrected chi connectivity index (χ0v) is 14.3. The fraction of sp³-hybridized carbons (Fsp3) is 0.120. The molecule has 0 heteroatoms. The van der Waals surface area contributed by atoms with Crippen molar-refractivity contribution in [1.82, 2.24) is 0 Å². The molecule has 0 saturated carbocycles. The van der Waals surface area contributed by atoms with Crippen LogP contribution in [-0.2, 0) is 5.41 Å². The molecule has 0 N–H and O–H groups in total. The molecule has 4 rings (SSSR count). The van der Waals surface area contributed by atoms with E-state index in [1.54, 1.807) is 0 Å². The molecule has 0 radical (unpaired) electrons. The fourth-order valence-electron chi connectivity index (χ4n) is 3.96.